The molecule has 2 unspecified atom stereocenters. The second-order valence-electron chi connectivity index (χ2n) is 18.3. The fourth-order valence-electron chi connectivity index (χ4n) is 11.8. The van der Waals surface area contributed by atoms with Gasteiger partial charge >= 0.3 is 12.1 Å². The molecule has 0 heterocycles. The van der Waals surface area contributed by atoms with Crippen molar-refractivity contribution in [1.82, 2.24) is 9.80 Å². The molecule has 59 heavy (non-hydrogen) atoms. The Morgan fingerprint density at radius 1 is 0.932 bits per heavy atom. The van der Waals surface area contributed by atoms with Gasteiger partial charge in [-0.1, -0.05) is 13.3 Å². The molecule has 7 aliphatic rings. The molecule has 4 bridgehead atoms. The maximum Gasteiger partial charge on any atom is 0.413 e. The molecule has 6 saturated carbocycles. The summed E-state index contributed by atoms with van der Waals surface area (Å²) in [6, 6.07) is 0.235. The monoisotopic (exact) mass is 821 g/mol. The van der Waals surface area contributed by atoms with Gasteiger partial charge in [-0.15, -0.1) is 0 Å². The van der Waals surface area contributed by atoms with Gasteiger partial charge in [0.05, 0.1) is 28.6 Å². The first-order valence-corrected chi connectivity index (χ1v) is 20.6. The number of rotatable bonds is 12. The minimum Gasteiger partial charge on any atom is -0.505 e. The van der Waals surface area contributed by atoms with Crippen molar-refractivity contribution in [3.8, 4) is 5.75 Å². The summed E-state index contributed by atoms with van der Waals surface area (Å²) in [6.45, 7) is 0.924. The summed E-state index contributed by atoms with van der Waals surface area (Å²) in [6.07, 6.45) is 6.10. The van der Waals surface area contributed by atoms with E-state index >= 15 is 0 Å². The quantitative estimate of drug-likeness (QED) is 0.102. The van der Waals surface area contributed by atoms with E-state index in [4.69, 9.17) is 15.2 Å². The fraction of sp³-hybridized carbons (Fsp3) is 0.667. The van der Waals surface area contributed by atoms with E-state index in [1.54, 1.807) is 19.0 Å². The average molecular weight is 822 g/mol. The number of phenolic OH excluding ortho intramolecular Hbond substituents is 1. The van der Waals surface area contributed by atoms with Crippen LogP contribution in [-0.2, 0) is 44.7 Å². The lowest BCUT2D eigenvalue weighted by Crippen LogP contribution is -2.74. The second kappa shape index (κ2) is 15.6. The number of carbonyl (C=O) groups is 8. The predicted molar refractivity (Wildman–Crippen MR) is 209 cm³/mol. The van der Waals surface area contributed by atoms with Crippen molar-refractivity contribution >= 4 is 58.4 Å². The molecule has 0 aliphatic heterocycles. The predicted octanol–water partition coefficient (Wildman–Crippen LogP) is 1.83. The summed E-state index contributed by atoms with van der Waals surface area (Å²) >= 11 is 0. The molecule has 1 aromatic carbocycles. The average Bonchev–Trinajstić information content (AvgIpc) is 3.14. The highest BCUT2D eigenvalue weighted by molar-refractivity contribution is 6.32. The number of aliphatic hydroxyl groups is 1. The number of aromatic hydroxyl groups is 1. The highest BCUT2D eigenvalue weighted by Crippen LogP contribution is 2.60. The maximum absolute atomic E-state index is 14.4. The normalized spacial score (nSPS) is 32.9. The van der Waals surface area contributed by atoms with Gasteiger partial charge in [0, 0.05) is 32.2 Å². The second-order valence-corrected chi connectivity index (χ2v) is 18.3. The number of nitrogens with two attached hydrogens (primary N) is 1. The van der Waals surface area contributed by atoms with Crippen molar-refractivity contribution in [2.75, 3.05) is 58.3 Å². The molecular weight excluding hydrogens is 766 g/mol. The molecule has 5 N–H and O–H groups in total. The lowest BCUT2D eigenvalue weighted by atomic mass is 9.49. The number of hydrogen-bond acceptors (Lipinski definition) is 14. The number of unbranched alkanes of at least 4 members (excludes halogenated alkanes) is 1. The molecule has 0 saturated heterocycles. The number of benzene rings is 1. The molecule has 6 atom stereocenters. The Balaban J connectivity index is 1.08. The van der Waals surface area contributed by atoms with E-state index in [1.165, 1.54) is 25.1 Å². The number of ketones is 4. The van der Waals surface area contributed by atoms with Crippen LogP contribution in [0.25, 0.3) is 0 Å². The van der Waals surface area contributed by atoms with Crippen LogP contribution in [0.15, 0.2) is 6.07 Å². The Morgan fingerprint density at radius 3 is 2.12 bits per heavy atom. The minimum atomic E-state index is -2.88. The van der Waals surface area contributed by atoms with Crippen molar-refractivity contribution in [2.24, 2.45) is 52.6 Å². The van der Waals surface area contributed by atoms with Gasteiger partial charge in [-0.25, -0.2) is 4.79 Å². The van der Waals surface area contributed by atoms with E-state index < -0.39 is 101 Å². The molecule has 3 amide bonds. The number of nitrogens with one attached hydrogen (secondary N) is 1. The lowest BCUT2D eigenvalue weighted by molar-refractivity contribution is -0.182. The number of amides is 3. The summed E-state index contributed by atoms with van der Waals surface area (Å²) in [7, 11) is 6.39. The van der Waals surface area contributed by atoms with Crippen LogP contribution in [0.5, 0.6) is 5.75 Å². The number of ether oxygens (including phenoxy) is 2. The minimum absolute atomic E-state index is 0.0329. The van der Waals surface area contributed by atoms with Gasteiger partial charge in [0.1, 0.15) is 12.3 Å². The number of likely N-dealkylation sites (N-methyl/N-ethyl adjacent to an activating group) is 1. The third-order valence-corrected chi connectivity index (χ3v) is 14.0. The van der Waals surface area contributed by atoms with Crippen molar-refractivity contribution in [2.45, 2.75) is 82.8 Å². The van der Waals surface area contributed by atoms with Crippen molar-refractivity contribution in [1.29, 1.82) is 0 Å². The van der Waals surface area contributed by atoms with Crippen LogP contribution in [0.1, 0.15) is 80.6 Å². The molecule has 320 valence electrons. The first kappa shape index (κ1) is 42.2. The number of hydrogen-bond donors (Lipinski definition) is 4. The van der Waals surface area contributed by atoms with Gasteiger partial charge in [0.25, 0.3) is 0 Å². The van der Waals surface area contributed by atoms with Gasteiger partial charge in [-0.05, 0) is 107 Å². The molecular formula is C42H55N5O12. The van der Waals surface area contributed by atoms with Gasteiger partial charge in [0.15, 0.2) is 34.7 Å². The number of anilines is 2. The Hall–Kier alpha value is -4.90. The fourth-order valence-corrected chi connectivity index (χ4v) is 11.8. The van der Waals surface area contributed by atoms with Crippen molar-refractivity contribution in [3.63, 3.8) is 0 Å². The highest BCUT2D eigenvalue weighted by atomic mass is 16.7. The zero-order valence-corrected chi connectivity index (χ0v) is 34.3. The Kier molecular flexibility index (Phi) is 11.2. The van der Waals surface area contributed by atoms with Crippen LogP contribution in [0.2, 0.25) is 0 Å². The third-order valence-electron chi connectivity index (χ3n) is 14.0. The molecule has 17 nitrogen and oxygen atoms in total. The number of carbonyl (C=O) groups excluding carboxylic acids is 8. The number of esters is 1. The largest absolute Gasteiger partial charge is 0.505 e. The molecule has 0 spiro atoms. The van der Waals surface area contributed by atoms with Crippen LogP contribution in [0.3, 0.4) is 0 Å². The van der Waals surface area contributed by atoms with Crippen LogP contribution >= 0.6 is 0 Å². The molecule has 0 radical (unpaired) electrons. The summed E-state index contributed by atoms with van der Waals surface area (Å²) in [4.78, 5) is 112. The number of nitrogens with zero attached hydrogens (tertiary/aromatic N) is 3. The Bertz CT molecular complexity index is 1960. The van der Waals surface area contributed by atoms with Gasteiger partial charge < -0.3 is 35.6 Å². The first-order valence-electron chi connectivity index (χ1n) is 20.6. The highest BCUT2D eigenvalue weighted by Gasteiger charge is 2.69. The smallest absolute Gasteiger partial charge is 0.413 e. The number of Topliss-reactive ketones (excluding diaryl/α,β-unsaturated/α-hetero) is 4. The number of phenols is 1. The molecule has 6 fully saturated rings. The first-order chi connectivity index (χ1) is 27.8. The molecule has 0 aromatic heterocycles. The number of fused-ring (bicyclic) bond motifs is 3. The topological polar surface area (TPSA) is 243 Å². The summed E-state index contributed by atoms with van der Waals surface area (Å²) in [5.41, 5.74) is 2.30. The maximum atomic E-state index is 14.4. The lowest BCUT2D eigenvalue weighted by Gasteiger charge is -2.55. The van der Waals surface area contributed by atoms with Crippen LogP contribution in [-0.4, -0.2) is 127 Å². The zero-order chi connectivity index (χ0) is 42.9. The Labute approximate surface area is 342 Å². The van der Waals surface area contributed by atoms with Gasteiger partial charge in [-0.2, -0.15) is 0 Å². The summed E-state index contributed by atoms with van der Waals surface area (Å²) < 4.78 is 10.9. The van der Waals surface area contributed by atoms with Gasteiger partial charge in [0.2, 0.25) is 18.6 Å². The summed E-state index contributed by atoms with van der Waals surface area (Å²) in [5.74, 6) is -11.6. The van der Waals surface area contributed by atoms with E-state index in [-0.39, 0.29) is 36.6 Å². The SMILES string of the molecule is CCCCN(CC(=O)Nc1cc(N(C)C)c2c(c1O)C(=O)C1C(=O)[C@]3(O)C(=O)C(C(N)=O)C(=O)[C@@H](N(C)C)[C@@H]3C[C@@H]1C2)C(=O)OCOC(=O)C12CC3CC(CC(C3)C1)C2. The summed E-state index contributed by atoms with van der Waals surface area (Å²) in [5, 5.41) is 26.1. The van der Waals surface area contributed by atoms with E-state index in [1.807, 2.05) is 6.92 Å². The van der Waals surface area contributed by atoms with Crippen molar-refractivity contribution in [3.05, 3.63) is 17.2 Å². The van der Waals surface area contributed by atoms with Crippen LogP contribution in [0.4, 0.5) is 16.2 Å². The molecule has 1 aromatic rings. The Morgan fingerprint density at radius 2 is 1.56 bits per heavy atom. The van der Waals surface area contributed by atoms with E-state index in [0.717, 1.165) is 43.4 Å². The van der Waals surface area contributed by atoms with Gasteiger partial charge in [-0.3, -0.25) is 43.4 Å². The standard InChI is InChI=1S/C42H55N5O12/c1-6-7-8-47(40(56)59-19-58-39(55)41-15-20-9-21(16-41)11-22(10-20)17-41)18-28(48)44-26-14-27(45(2)3)24-12-23-13-25-32(46(4)5)35(51)31(38(43)54)37(53)42(25,57)36(52)29(23)34(50)30(24)33(26)49/h14,20-23,25,29,31-32,49,57H,6-13,15-19H2,1-5H3,(H2,43,54)(H,44,48)/t20?,21?,22?,23-,25-,29?,31?,32-,41?,42-/m0/s1. The van der Waals surface area contributed by atoms with Crippen LogP contribution < -0.4 is 16.0 Å². The van der Waals surface area contributed by atoms with E-state index in [9.17, 15) is 48.6 Å². The van der Waals surface area contributed by atoms with Crippen LogP contribution in [0, 0.1) is 46.8 Å². The van der Waals surface area contributed by atoms with E-state index in [0.29, 0.717) is 41.8 Å². The molecule has 8 rings (SSSR count). The molecule has 17 heteroatoms. The number of primary amides is 1. The molecule has 7 aliphatic carbocycles. The van der Waals surface area contributed by atoms with E-state index in [2.05, 4.69) is 5.32 Å². The third kappa shape index (κ3) is 7.06. The van der Waals surface area contributed by atoms with Crippen molar-refractivity contribution < 1.29 is 58.0 Å². The zero-order valence-electron chi connectivity index (χ0n) is 34.3.